The Balaban J connectivity index is 0.00000161. The van der Waals surface area contributed by atoms with Crippen molar-refractivity contribution in [2.45, 2.75) is 6.18 Å². The lowest BCUT2D eigenvalue weighted by Gasteiger charge is -2.21. The topological polar surface area (TPSA) is 40.3 Å². The molecule has 0 amide bonds. The third-order valence-corrected chi connectivity index (χ3v) is 3.34. The molecule has 10 heteroatoms. The Bertz CT molecular complexity index is 639. The Hall–Kier alpha value is -1.42. The Morgan fingerprint density at radius 1 is 1.14 bits per heavy atom. The number of hydrogen-bond acceptors (Lipinski definition) is 5. The fourth-order valence-corrected chi connectivity index (χ4v) is 2.37. The average molecular weight is 383 g/mol. The van der Waals surface area contributed by atoms with Crippen LogP contribution in [-0.2, 0) is 0 Å². The molecule has 4 nitrogen and oxygen atoms in total. The van der Waals surface area contributed by atoms with Gasteiger partial charge in [-0.1, -0.05) is 12.1 Å². The first-order chi connectivity index (χ1) is 9.45. The minimum Gasteiger partial charge on any atom is -0.253 e. The van der Waals surface area contributed by atoms with Crippen LogP contribution in [0, 0.1) is 5.82 Å². The third-order valence-electron chi connectivity index (χ3n) is 2.61. The molecule has 1 aromatic carbocycles. The molecule has 0 radical (unpaired) electrons. The van der Waals surface area contributed by atoms with Gasteiger partial charge < -0.3 is 0 Å². The maximum Gasteiger partial charge on any atom is 0.452 e. The molecule has 0 saturated heterocycles. The first-order valence-electron chi connectivity index (χ1n) is 5.45. The molecule has 0 aromatic heterocycles. The molecule has 0 spiro atoms. The van der Waals surface area contributed by atoms with Crippen molar-refractivity contribution in [2.75, 3.05) is 6.54 Å². The number of hydrogen-bond donors (Lipinski definition) is 0. The maximum absolute atomic E-state index is 12.8. The van der Waals surface area contributed by atoms with Crippen molar-refractivity contribution >= 4 is 45.6 Å². The van der Waals surface area contributed by atoms with Crippen molar-refractivity contribution in [3.05, 3.63) is 35.6 Å². The number of nitrogens with zero attached hydrogens (tertiary/aromatic N) is 4. The summed E-state index contributed by atoms with van der Waals surface area (Å²) in [5.41, 5.74) is 0.848. The molecule has 21 heavy (non-hydrogen) atoms. The summed E-state index contributed by atoms with van der Waals surface area (Å²) in [6.07, 6.45) is -4.60. The monoisotopic (exact) mass is 382 g/mol. The normalized spacial score (nSPS) is 17.5. The van der Waals surface area contributed by atoms with E-state index in [1.54, 1.807) is 0 Å². The molecule has 2 aliphatic heterocycles. The highest BCUT2D eigenvalue weighted by atomic mass is 79.9. The predicted molar refractivity (Wildman–Crippen MR) is 78.5 cm³/mol. The summed E-state index contributed by atoms with van der Waals surface area (Å²) >= 11 is 0.638. The summed E-state index contributed by atoms with van der Waals surface area (Å²) in [7, 11) is 0. The van der Waals surface area contributed by atoms with Crippen LogP contribution in [0.15, 0.2) is 38.8 Å². The first kappa shape index (κ1) is 16.0. The molecule has 0 saturated carbocycles. The number of halogens is 5. The van der Waals surface area contributed by atoms with E-state index in [4.69, 9.17) is 0 Å². The van der Waals surface area contributed by atoms with E-state index in [9.17, 15) is 17.6 Å². The molecule has 2 heterocycles. The van der Waals surface area contributed by atoms with Gasteiger partial charge in [-0.05, 0) is 17.7 Å². The van der Waals surface area contributed by atoms with Gasteiger partial charge in [0.2, 0.25) is 11.0 Å². The van der Waals surface area contributed by atoms with Crippen LogP contribution < -0.4 is 0 Å². The third kappa shape index (κ3) is 3.10. The number of amidine groups is 2. The molecule has 0 fully saturated rings. The minimum absolute atomic E-state index is 0. The molecule has 0 aliphatic carbocycles. The predicted octanol–water partition coefficient (Wildman–Crippen LogP) is 3.40. The Kier molecular flexibility index (Phi) is 4.38. The van der Waals surface area contributed by atoms with E-state index in [0.29, 0.717) is 28.2 Å². The van der Waals surface area contributed by atoms with Gasteiger partial charge in [0.15, 0.2) is 0 Å². The lowest BCUT2D eigenvalue weighted by Crippen LogP contribution is -2.40. The van der Waals surface area contributed by atoms with Crippen LogP contribution in [-0.4, -0.2) is 34.4 Å². The second-order valence-electron chi connectivity index (χ2n) is 3.97. The largest absolute Gasteiger partial charge is 0.452 e. The van der Waals surface area contributed by atoms with Gasteiger partial charge in [-0.15, -0.1) is 17.0 Å². The summed E-state index contributed by atoms with van der Waals surface area (Å²) in [5, 5.41) is 4.68. The fourth-order valence-electron chi connectivity index (χ4n) is 1.70. The zero-order valence-electron chi connectivity index (χ0n) is 10.1. The Morgan fingerprint density at radius 2 is 1.81 bits per heavy atom. The maximum atomic E-state index is 12.8. The molecule has 0 unspecified atom stereocenters. The molecule has 112 valence electrons. The number of alkyl halides is 3. The minimum atomic E-state index is -4.60. The summed E-state index contributed by atoms with van der Waals surface area (Å²) in [6, 6.07) is 5.33. The quantitative estimate of drug-likeness (QED) is 0.551. The SMILES string of the molecule is Br.Fc1ccc(C2=NN3C(=NC2)SN=C3C(F)(F)F)cc1. The van der Waals surface area contributed by atoms with E-state index in [-0.39, 0.29) is 28.7 Å². The van der Waals surface area contributed by atoms with Gasteiger partial charge in [0.05, 0.1) is 24.2 Å². The van der Waals surface area contributed by atoms with E-state index in [2.05, 4.69) is 14.5 Å². The summed E-state index contributed by atoms with van der Waals surface area (Å²) in [6.45, 7) is 0.130. The molecule has 0 atom stereocenters. The van der Waals surface area contributed by atoms with E-state index in [1.165, 1.54) is 24.3 Å². The van der Waals surface area contributed by atoms with Gasteiger partial charge in [0.1, 0.15) is 5.82 Å². The van der Waals surface area contributed by atoms with Crippen molar-refractivity contribution in [3.63, 3.8) is 0 Å². The van der Waals surface area contributed by atoms with Gasteiger partial charge >= 0.3 is 6.18 Å². The highest BCUT2D eigenvalue weighted by molar-refractivity contribution is 8.93. The second kappa shape index (κ2) is 5.76. The van der Waals surface area contributed by atoms with Crippen molar-refractivity contribution < 1.29 is 17.6 Å². The van der Waals surface area contributed by atoms with Crippen molar-refractivity contribution in [3.8, 4) is 0 Å². The number of hydrazone groups is 1. The standard InChI is InChI=1S/C11H6F4N4S.BrH/c12-7-3-1-6(2-4-7)8-5-16-10-19(17-8)9(18-20-10)11(13,14)15;/h1-4H,5H2;1H. The van der Waals surface area contributed by atoms with Crippen LogP contribution in [0.1, 0.15) is 5.56 Å². The van der Waals surface area contributed by atoms with Gasteiger partial charge in [0.25, 0.3) is 0 Å². The molecule has 1 aromatic rings. The van der Waals surface area contributed by atoms with E-state index < -0.39 is 17.8 Å². The van der Waals surface area contributed by atoms with Gasteiger partial charge in [0, 0.05) is 0 Å². The van der Waals surface area contributed by atoms with Crippen molar-refractivity contribution in [1.82, 2.24) is 5.01 Å². The zero-order valence-corrected chi connectivity index (χ0v) is 12.7. The van der Waals surface area contributed by atoms with Crippen LogP contribution in [0.3, 0.4) is 0 Å². The van der Waals surface area contributed by atoms with Crippen molar-refractivity contribution in [2.24, 2.45) is 14.5 Å². The van der Waals surface area contributed by atoms with Crippen LogP contribution in [0.4, 0.5) is 17.6 Å². The van der Waals surface area contributed by atoms with E-state index in [0.717, 1.165) is 0 Å². The van der Waals surface area contributed by atoms with Gasteiger partial charge in [-0.25, -0.2) is 4.39 Å². The lowest BCUT2D eigenvalue weighted by atomic mass is 10.1. The first-order valence-corrected chi connectivity index (χ1v) is 6.23. The Labute approximate surface area is 131 Å². The van der Waals surface area contributed by atoms with Gasteiger partial charge in [-0.2, -0.15) is 27.7 Å². The average Bonchev–Trinajstić information content (AvgIpc) is 2.82. The Morgan fingerprint density at radius 3 is 2.43 bits per heavy atom. The molecule has 3 rings (SSSR count). The van der Waals surface area contributed by atoms with E-state index >= 15 is 0 Å². The molecule has 2 aliphatic rings. The molecular weight excluding hydrogens is 376 g/mol. The smallest absolute Gasteiger partial charge is 0.253 e. The van der Waals surface area contributed by atoms with Crippen molar-refractivity contribution in [1.29, 1.82) is 0 Å². The van der Waals surface area contributed by atoms with E-state index in [1.807, 2.05) is 0 Å². The highest BCUT2D eigenvalue weighted by Crippen LogP contribution is 2.32. The zero-order chi connectivity index (χ0) is 14.3. The summed E-state index contributed by atoms with van der Waals surface area (Å²) in [5.74, 6) is -1.54. The van der Waals surface area contributed by atoms with Gasteiger partial charge in [-0.3, -0.25) is 4.99 Å². The molecule has 0 bridgehead atoms. The van der Waals surface area contributed by atoms with Crippen LogP contribution in [0.25, 0.3) is 0 Å². The number of rotatable bonds is 1. The molecular formula is C11H7BrF4N4S. The summed E-state index contributed by atoms with van der Waals surface area (Å²) < 4.78 is 54.4. The second-order valence-corrected chi connectivity index (χ2v) is 4.70. The van der Waals surface area contributed by atoms with Crippen LogP contribution >= 0.6 is 28.9 Å². The van der Waals surface area contributed by atoms with Crippen LogP contribution in [0.5, 0.6) is 0 Å². The number of fused-ring (bicyclic) bond motifs is 1. The van der Waals surface area contributed by atoms with Crippen LogP contribution in [0.2, 0.25) is 0 Å². The fraction of sp³-hybridized carbons (Fsp3) is 0.182. The summed E-state index contributed by atoms with van der Waals surface area (Å²) in [4.78, 5) is 4.00. The molecule has 0 N–H and O–H groups in total. The number of aliphatic imine (C=N–C) groups is 1. The highest BCUT2D eigenvalue weighted by Gasteiger charge is 2.46. The lowest BCUT2D eigenvalue weighted by molar-refractivity contribution is -0.0654. The number of benzene rings is 1.